The largest absolute Gasteiger partial charge is 0.396 e. The fourth-order valence-electron chi connectivity index (χ4n) is 1.43. The summed E-state index contributed by atoms with van der Waals surface area (Å²) in [6.07, 6.45) is 6.53. The molecule has 0 aromatic carbocycles. The van der Waals surface area contributed by atoms with Gasteiger partial charge in [-0.25, -0.2) is 0 Å². The maximum atomic E-state index is 10.6. The van der Waals surface area contributed by atoms with Gasteiger partial charge in [0.15, 0.2) is 0 Å². The van der Waals surface area contributed by atoms with Crippen LogP contribution in [0.25, 0.3) is 0 Å². The third kappa shape index (κ3) is 11.3. The summed E-state index contributed by atoms with van der Waals surface area (Å²) in [5.41, 5.74) is 0. The Balaban J connectivity index is 0.000000304. The predicted octanol–water partition coefficient (Wildman–Crippen LogP) is 0.735. The average molecular weight is 245 g/mol. The molecular weight excluding hydrogens is 222 g/mol. The first-order chi connectivity index (χ1) is 8.20. The fourth-order valence-corrected chi connectivity index (χ4v) is 1.43. The highest BCUT2D eigenvalue weighted by Crippen LogP contribution is 2.03. The van der Waals surface area contributed by atoms with Crippen LogP contribution in [0.4, 0.5) is 0 Å². The van der Waals surface area contributed by atoms with Gasteiger partial charge in [0.1, 0.15) is 0 Å². The molecular formula is C12H23NO4. The van der Waals surface area contributed by atoms with E-state index in [9.17, 15) is 9.59 Å². The minimum atomic E-state index is -0.127. The number of hydrogen-bond donors (Lipinski definition) is 3. The Labute approximate surface area is 102 Å². The lowest BCUT2D eigenvalue weighted by molar-refractivity contribution is -0.129. The summed E-state index contributed by atoms with van der Waals surface area (Å²) in [6, 6.07) is 0. The Morgan fingerprint density at radius 3 is 1.59 bits per heavy atom. The number of amides is 2. The van der Waals surface area contributed by atoms with Crippen LogP contribution < -0.4 is 5.32 Å². The van der Waals surface area contributed by atoms with Gasteiger partial charge >= 0.3 is 0 Å². The van der Waals surface area contributed by atoms with Crippen molar-refractivity contribution in [2.45, 2.75) is 51.4 Å². The summed E-state index contributed by atoms with van der Waals surface area (Å²) >= 11 is 0. The van der Waals surface area contributed by atoms with Gasteiger partial charge in [0, 0.05) is 26.1 Å². The Morgan fingerprint density at radius 1 is 0.824 bits per heavy atom. The molecule has 5 nitrogen and oxygen atoms in total. The molecule has 1 saturated heterocycles. The molecule has 0 aromatic heterocycles. The zero-order valence-corrected chi connectivity index (χ0v) is 10.3. The van der Waals surface area contributed by atoms with Crippen molar-refractivity contribution in [3.05, 3.63) is 0 Å². The van der Waals surface area contributed by atoms with E-state index in [1.165, 1.54) is 0 Å². The number of aliphatic hydroxyl groups excluding tert-OH is 2. The fraction of sp³-hybridized carbons (Fsp3) is 0.833. The molecule has 5 heteroatoms. The van der Waals surface area contributed by atoms with Gasteiger partial charge in [-0.1, -0.05) is 12.8 Å². The molecule has 0 radical (unpaired) electrons. The van der Waals surface area contributed by atoms with E-state index in [2.05, 4.69) is 5.32 Å². The highest BCUT2D eigenvalue weighted by molar-refractivity contribution is 5.95. The molecule has 100 valence electrons. The van der Waals surface area contributed by atoms with Crippen LogP contribution in [0.2, 0.25) is 0 Å². The van der Waals surface area contributed by atoms with Gasteiger partial charge in [0.25, 0.3) is 0 Å². The second-order valence-corrected chi connectivity index (χ2v) is 4.04. The van der Waals surface area contributed by atoms with E-state index in [1.54, 1.807) is 0 Å². The Hall–Kier alpha value is -0.940. The van der Waals surface area contributed by atoms with E-state index < -0.39 is 0 Å². The van der Waals surface area contributed by atoms with E-state index in [0.29, 0.717) is 12.8 Å². The summed E-state index contributed by atoms with van der Waals surface area (Å²) in [6.45, 7) is 0.566. The number of nitrogens with one attached hydrogen (secondary N) is 1. The first-order valence-corrected chi connectivity index (χ1v) is 6.25. The van der Waals surface area contributed by atoms with Crippen LogP contribution >= 0.6 is 0 Å². The van der Waals surface area contributed by atoms with Crippen molar-refractivity contribution in [1.82, 2.24) is 5.32 Å². The Bertz CT molecular complexity index is 197. The normalized spacial score (nSPS) is 15.6. The van der Waals surface area contributed by atoms with Crippen molar-refractivity contribution in [2.24, 2.45) is 0 Å². The molecule has 17 heavy (non-hydrogen) atoms. The number of rotatable bonds is 5. The Morgan fingerprint density at radius 2 is 1.24 bits per heavy atom. The average Bonchev–Trinajstić information content (AvgIpc) is 2.49. The molecule has 0 unspecified atom stereocenters. The molecule has 1 aliphatic heterocycles. The van der Waals surface area contributed by atoms with Gasteiger partial charge in [-0.2, -0.15) is 0 Å². The summed E-state index contributed by atoms with van der Waals surface area (Å²) in [5, 5.41) is 18.9. The number of carbonyl (C=O) groups excluding carboxylic acids is 2. The lowest BCUT2D eigenvalue weighted by Crippen LogP contribution is -2.27. The van der Waals surface area contributed by atoms with E-state index in [1.807, 2.05) is 0 Å². The lowest BCUT2D eigenvalue weighted by atomic mass is 10.2. The predicted molar refractivity (Wildman–Crippen MR) is 64.3 cm³/mol. The topological polar surface area (TPSA) is 86.6 Å². The van der Waals surface area contributed by atoms with Gasteiger partial charge < -0.3 is 10.2 Å². The minimum absolute atomic E-state index is 0.127. The smallest absolute Gasteiger partial charge is 0.226 e. The van der Waals surface area contributed by atoms with Crippen molar-refractivity contribution in [3.8, 4) is 0 Å². The van der Waals surface area contributed by atoms with E-state index >= 15 is 0 Å². The number of imide groups is 1. The molecule has 3 N–H and O–H groups in total. The minimum Gasteiger partial charge on any atom is -0.396 e. The van der Waals surface area contributed by atoms with Crippen molar-refractivity contribution >= 4 is 11.8 Å². The number of carbonyl (C=O) groups is 2. The quantitative estimate of drug-likeness (QED) is 0.492. The number of hydrogen-bond acceptors (Lipinski definition) is 4. The maximum Gasteiger partial charge on any atom is 0.226 e. The van der Waals surface area contributed by atoms with Crippen molar-refractivity contribution < 1.29 is 19.8 Å². The van der Waals surface area contributed by atoms with Crippen LogP contribution in [0.1, 0.15) is 51.4 Å². The molecule has 0 aliphatic carbocycles. The third-order valence-corrected chi connectivity index (χ3v) is 2.40. The van der Waals surface area contributed by atoms with Crippen LogP contribution in [-0.4, -0.2) is 35.2 Å². The second kappa shape index (κ2) is 11.5. The van der Waals surface area contributed by atoms with Gasteiger partial charge in [-0.15, -0.1) is 0 Å². The first kappa shape index (κ1) is 16.1. The highest BCUT2D eigenvalue weighted by Gasteiger charge is 2.11. The van der Waals surface area contributed by atoms with Crippen LogP contribution in [0.15, 0.2) is 0 Å². The summed E-state index contributed by atoms with van der Waals surface area (Å²) in [5.74, 6) is -0.255. The van der Waals surface area contributed by atoms with Gasteiger partial charge in [-0.3, -0.25) is 14.9 Å². The number of aliphatic hydroxyl groups is 2. The number of unbranched alkanes of at least 4 members (excludes halogenated alkanes) is 3. The third-order valence-electron chi connectivity index (χ3n) is 2.40. The van der Waals surface area contributed by atoms with E-state index in [4.69, 9.17) is 10.2 Å². The van der Waals surface area contributed by atoms with Gasteiger partial charge in [-0.05, 0) is 25.7 Å². The van der Waals surface area contributed by atoms with Crippen LogP contribution in [0.5, 0.6) is 0 Å². The van der Waals surface area contributed by atoms with Crippen molar-refractivity contribution in [2.75, 3.05) is 13.2 Å². The molecule has 0 bridgehead atoms. The van der Waals surface area contributed by atoms with Crippen LogP contribution in [0.3, 0.4) is 0 Å². The van der Waals surface area contributed by atoms with Gasteiger partial charge in [0.2, 0.25) is 11.8 Å². The van der Waals surface area contributed by atoms with Crippen molar-refractivity contribution in [3.63, 3.8) is 0 Å². The molecule has 1 heterocycles. The lowest BCUT2D eigenvalue weighted by Gasteiger charge is -1.93. The Kier molecular flexibility index (Phi) is 10.9. The van der Waals surface area contributed by atoms with Crippen LogP contribution in [0, 0.1) is 0 Å². The molecule has 1 aliphatic rings. The summed E-state index contributed by atoms with van der Waals surface area (Å²) < 4.78 is 0. The summed E-state index contributed by atoms with van der Waals surface area (Å²) in [4.78, 5) is 21.1. The molecule has 1 fully saturated rings. The van der Waals surface area contributed by atoms with Crippen LogP contribution in [-0.2, 0) is 9.59 Å². The van der Waals surface area contributed by atoms with Crippen molar-refractivity contribution in [1.29, 1.82) is 0 Å². The summed E-state index contributed by atoms with van der Waals surface area (Å²) in [7, 11) is 0. The standard InChI is InChI=1S/C6H9NO2.C6H14O2/c8-5-3-1-2-4-6(9)7-5;7-5-3-1-2-4-6-8/h1-4H2,(H,7,8,9);7-8H,1-6H2. The molecule has 0 atom stereocenters. The highest BCUT2D eigenvalue weighted by atomic mass is 16.3. The first-order valence-electron chi connectivity index (χ1n) is 6.25. The monoisotopic (exact) mass is 245 g/mol. The van der Waals surface area contributed by atoms with E-state index in [0.717, 1.165) is 38.5 Å². The van der Waals surface area contributed by atoms with E-state index in [-0.39, 0.29) is 25.0 Å². The van der Waals surface area contributed by atoms with Gasteiger partial charge in [0.05, 0.1) is 0 Å². The molecule has 2 amide bonds. The zero-order chi connectivity index (χ0) is 12.9. The maximum absolute atomic E-state index is 10.6. The molecule has 0 aromatic rings. The molecule has 0 saturated carbocycles. The SMILES string of the molecule is O=C1CCCCC(=O)N1.OCCCCCCO. The molecule has 1 rings (SSSR count). The second-order valence-electron chi connectivity index (χ2n) is 4.04. The zero-order valence-electron chi connectivity index (χ0n) is 10.3. The molecule has 0 spiro atoms.